The Morgan fingerprint density at radius 1 is 1.09 bits per heavy atom. The van der Waals surface area contributed by atoms with Crippen LogP contribution in [0.2, 0.25) is 5.02 Å². The van der Waals surface area contributed by atoms with E-state index in [0.717, 1.165) is 48.1 Å². The minimum Gasteiger partial charge on any atom is -0.397 e. The smallest absolute Gasteiger partial charge is 0.225 e. The van der Waals surface area contributed by atoms with E-state index in [0.29, 0.717) is 34.6 Å². The van der Waals surface area contributed by atoms with Gasteiger partial charge in [-0.2, -0.15) is 10.1 Å². The highest BCUT2D eigenvalue weighted by atomic mass is 35.5. The van der Waals surface area contributed by atoms with E-state index in [4.69, 9.17) is 38.1 Å². The quantitative estimate of drug-likeness (QED) is 0.376. The third-order valence-corrected chi connectivity index (χ3v) is 6.32. The number of nitrogen functional groups attached to an aromatic ring is 1. The molecule has 6 N–H and O–H groups in total. The van der Waals surface area contributed by atoms with Gasteiger partial charge < -0.3 is 22.1 Å². The van der Waals surface area contributed by atoms with Crippen molar-refractivity contribution in [2.45, 2.75) is 77.4 Å². The maximum Gasteiger partial charge on any atom is 0.225 e. The highest BCUT2D eigenvalue weighted by molar-refractivity contribution is 6.33. The summed E-state index contributed by atoms with van der Waals surface area (Å²) < 4.78 is 2.00. The summed E-state index contributed by atoms with van der Waals surface area (Å²) in [7, 11) is 0. The van der Waals surface area contributed by atoms with Crippen molar-refractivity contribution in [3.63, 3.8) is 0 Å². The molecule has 2 aromatic heterocycles. The van der Waals surface area contributed by atoms with Gasteiger partial charge >= 0.3 is 0 Å². The Morgan fingerprint density at radius 3 is 2.44 bits per heavy atom. The fourth-order valence-corrected chi connectivity index (χ4v) is 4.30. The normalized spacial score (nSPS) is 19.1. The molecule has 0 amide bonds. The van der Waals surface area contributed by atoms with Crippen molar-refractivity contribution in [2.24, 2.45) is 5.73 Å². The lowest BCUT2D eigenvalue weighted by molar-refractivity contribution is 0.410. The summed E-state index contributed by atoms with van der Waals surface area (Å²) in [6.45, 7) is 8.49. The Morgan fingerprint density at radius 2 is 1.81 bits per heavy atom. The topological polar surface area (TPSA) is 120 Å². The van der Waals surface area contributed by atoms with Crippen LogP contribution in [0.15, 0.2) is 18.2 Å². The number of rotatable bonds is 6. The van der Waals surface area contributed by atoms with Crippen molar-refractivity contribution in [1.29, 1.82) is 0 Å². The van der Waals surface area contributed by atoms with Gasteiger partial charge in [-0.1, -0.05) is 25.4 Å². The number of nitrogens with two attached hydrogens (primary N) is 2. The summed E-state index contributed by atoms with van der Waals surface area (Å²) in [5.74, 6) is 1.53. The van der Waals surface area contributed by atoms with Crippen LogP contribution in [-0.2, 0) is 0 Å². The zero-order valence-electron chi connectivity index (χ0n) is 19.2. The lowest BCUT2D eigenvalue weighted by atomic mass is 9.92. The van der Waals surface area contributed by atoms with Crippen LogP contribution in [0.4, 0.5) is 23.1 Å². The van der Waals surface area contributed by atoms with E-state index < -0.39 is 0 Å². The predicted molar refractivity (Wildman–Crippen MR) is 133 cm³/mol. The van der Waals surface area contributed by atoms with Gasteiger partial charge in [0.05, 0.1) is 16.4 Å². The average molecular weight is 457 g/mol. The summed E-state index contributed by atoms with van der Waals surface area (Å²) in [5.41, 5.74) is 16.1. The summed E-state index contributed by atoms with van der Waals surface area (Å²) in [4.78, 5) is 9.80. The van der Waals surface area contributed by atoms with Crippen molar-refractivity contribution in [1.82, 2.24) is 19.7 Å². The van der Waals surface area contributed by atoms with E-state index in [1.807, 2.05) is 16.8 Å². The first-order chi connectivity index (χ1) is 15.2. The van der Waals surface area contributed by atoms with Crippen LogP contribution in [0.25, 0.3) is 11.0 Å². The minimum atomic E-state index is 0.156. The first-order valence-electron chi connectivity index (χ1n) is 11.4. The molecule has 0 unspecified atom stereocenters. The second kappa shape index (κ2) is 9.11. The predicted octanol–water partition coefficient (Wildman–Crippen LogP) is 5.19. The van der Waals surface area contributed by atoms with Gasteiger partial charge in [0, 0.05) is 23.8 Å². The molecule has 4 rings (SSSR count). The number of benzene rings is 1. The number of aromatic nitrogens is 4. The molecule has 9 heteroatoms. The SMILES string of the molecule is CC(C)c1nn(C(C)C)c2c(Nc3ccc(Cl)c(N)c3)nc(NC3CCC(N)CC3)nc12. The molecule has 1 saturated carbocycles. The zero-order chi connectivity index (χ0) is 23.0. The number of halogens is 1. The van der Waals surface area contributed by atoms with Crippen molar-refractivity contribution in [2.75, 3.05) is 16.4 Å². The first-order valence-corrected chi connectivity index (χ1v) is 11.7. The van der Waals surface area contributed by atoms with Crippen LogP contribution in [0.1, 0.15) is 71.0 Å². The molecule has 2 heterocycles. The van der Waals surface area contributed by atoms with E-state index in [2.05, 4.69) is 38.3 Å². The van der Waals surface area contributed by atoms with Crippen LogP contribution >= 0.6 is 11.6 Å². The molecule has 0 saturated heterocycles. The van der Waals surface area contributed by atoms with Gasteiger partial charge in [0.1, 0.15) is 11.0 Å². The van der Waals surface area contributed by atoms with Gasteiger partial charge in [-0.25, -0.2) is 4.98 Å². The molecule has 1 fully saturated rings. The number of fused-ring (bicyclic) bond motifs is 1. The van der Waals surface area contributed by atoms with Gasteiger partial charge in [0.15, 0.2) is 5.82 Å². The Hall–Kier alpha value is -2.58. The van der Waals surface area contributed by atoms with E-state index in [9.17, 15) is 0 Å². The number of nitrogens with one attached hydrogen (secondary N) is 2. The molecule has 8 nitrogen and oxygen atoms in total. The highest BCUT2D eigenvalue weighted by Crippen LogP contribution is 2.34. The molecule has 0 aliphatic heterocycles. The Kier molecular flexibility index (Phi) is 6.44. The number of nitrogens with zero attached hydrogens (tertiary/aromatic N) is 4. The summed E-state index contributed by atoms with van der Waals surface area (Å²) in [5, 5.41) is 12.4. The number of anilines is 4. The molecule has 0 spiro atoms. The maximum absolute atomic E-state index is 6.12. The van der Waals surface area contributed by atoms with Crippen LogP contribution < -0.4 is 22.1 Å². The third kappa shape index (κ3) is 4.61. The van der Waals surface area contributed by atoms with E-state index in [1.54, 1.807) is 6.07 Å². The second-order valence-corrected chi connectivity index (χ2v) is 9.70. The van der Waals surface area contributed by atoms with E-state index in [-0.39, 0.29) is 12.0 Å². The van der Waals surface area contributed by atoms with Crippen molar-refractivity contribution in [3.8, 4) is 0 Å². The van der Waals surface area contributed by atoms with Gasteiger partial charge in [-0.3, -0.25) is 4.68 Å². The molecule has 1 aromatic carbocycles. The van der Waals surface area contributed by atoms with Gasteiger partial charge in [-0.15, -0.1) is 0 Å². The summed E-state index contributed by atoms with van der Waals surface area (Å²) in [6, 6.07) is 6.24. The summed E-state index contributed by atoms with van der Waals surface area (Å²) >= 11 is 6.12. The Labute approximate surface area is 194 Å². The maximum atomic E-state index is 6.12. The van der Waals surface area contributed by atoms with E-state index in [1.165, 1.54) is 0 Å². The van der Waals surface area contributed by atoms with Crippen LogP contribution in [0, 0.1) is 0 Å². The second-order valence-electron chi connectivity index (χ2n) is 9.29. The number of hydrogen-bond donors (Lipinski definition) is 4. The van der Waals surface area contributed by atoms with Gasteiger partial charge in [0.2, 0.25) is 5.95 Å². The fraction of sp³-hybridized carbons (Fsp3) is 0.522. The molecule has 1 aliphatic rings. The standard InChI is InChI=1S/C23H33ClN8/c1-12(2)19-20-21(32(31-19)13(3)4)22(27-16-9-10-17(24)18(26)11-16)30-23(29-20)28-15-7-5-14(25)6-8-15/h9-15H,5-8,25-26H2,1-4H3,(H2,27,28,29,30). The summed E-state index contributed by atoms with van der Waals surface area (Å²) in [6.07, 6.45) is 4.05. The molecule has 1 aliphatic carbocycles. The third-order valence-electron chi connectivity index (χ3n) is 5.97. The van der Waals surface area contributed by atoms with Crippen LogP contribution in [0.5, 0.6) is 0 Å². The fourth-order valence-electron chi connectivity index (χ4n) is 4.18. The van der Waals surface area contributed by atoms with Gasteiger partial charge in [0.25, 0.3) is 0 Å². The number of hydrogen-bond acceptors (Lipinski definition) is 7. The average Bonchev–Trinajstić information content (AvgIpc) is 3.13. The molecule has 3 aromatic rings. The molecular weight excluding hydrogens is 424 g/mol. The monoisotopic (exact) mass is 456 g/mol. The largest absolute Gasteiger partial charge is 0.397 e. The van der Waals surface area contributed by atoms with Crippen LogP contribution in [0.3, 0.4) is 0 Å². The first kappa shape index (κ1) is 22.6. The lowest BCUT2D eigenvalue weighted by Crippen LogP contribution is -2.33. The molecule has 32 heavy (non-hydrogen) atoms. The molecule has 0 bridgehead atoms. The molecular formula is C23H33ClN8. The van der Waals surface area contributed by atoms with Crippen molar-refractivity contribution >= 4 is 45.8 Å². The highest BCUT2D eigenvalue weighted by Gasteiger charge is 2.24. The van der Waals surface area contributed by atoms with Crippen LogP contribution in [-0.4, -0.2) is 31.8 Å². The Balaban J connectivity index is 1.81. The Bertz CT molecular complexity index is 1100. The lowest BCUT2D eigenvalue weighted by Gasteiger charge is -2.27. The van der Waals surface area contributed by atoms with E-state index >= 15 is 0 Å². The minimum absolute atomic E-state index is 0.156. The molecule has 0 radical (unpaired) electrons. The van der Waals surface area contributed by atoms with Crippen molar-refractivity contribution in [3.05, 3.63) is 28.9 Å². The zero-order valence-corrected chi connectivity index (χ0v) is 19.9. The van der Waals surface area contributed by atoms with Gasteiger partial charge in [-0.05, 0) is 63.6 Å². The molecule has 0 atom stereocenters. The van der Waals surface area contributed by atoms with Crippen molar-refractivity contribution < 1.29 is 0 Å². The molecule has 172 valence electrons.